The van der Waals surface area contributed by atoms with Crippen LogP contribution in [0, 0.1) is 0 Å². The molecule has 0 saturated heterocycles. The van der Waals surface area contributed by atoms with Crippen LogP contribution in [0.3, 0.4) is 0 Å². The van der Waals surface area contributed by atoms with Gasteiger partial charge >= 0.3 is 0 Å². The molecule has 1 aromatic rings. The lowest BCUT2D eigenvalue weighted by Crippen LogP contribution is -2.42. The van der Waals surface area contributed by atoms with Crippen LogP contribution in [0.15, 0.2) is 12.4 Å². The molecule has 0 bridgehead atoms. The molecular weight excluding hydrogens is 228 g/mol. The number of nitrogens with two attached hydrogens (primary N) is 1. The Labute approximate surface area is 108 Å². The highest BCUT2D eigenvalue weighted by Crippen LogP contribution is 2.29. The predicted octanol–water partition coefficient (Wildman–Crippen LogP) is 0.740. The minimum Gasteiger partial charge on any atom is -0.356 e. The van der Waals surface area contributed by atoms with E-state index in [9.17, 15) is 4.79 Å². The maximum absolute atomic E-state index is 11.8. The van der Waals surface area contributed by atoms with Crippen molar-refractivity contribution in [3.8, 4) is 0 Å². The number of hydrogen-bond donors (Lipinski definition) is 2. The summed E-state index contributed by atoms with van der Waals surface area (Å²) in [6.45, 7) is 0.653. The summed E-state index contributed by atoms with van der Waals surface area (Å²) in [4.78, 5) is 11.8. The molecule has 18 heavy (non-hydrogen) atoms. The molecule has 2 rings (SSSR count). The fraction of sp³-hybridized carbons (Fsp3) is 0.692. The molecule has 0 aromatic carbocycles. The molecule has 0 unspecified atom stereocenters. The average Bonchev–Trinajstić information content (AvgIpc) is 2.88. The van der Waals surface area contributed by atoms with E-state index in [1.165, 1.54) is 0 Å². The summed E-state index contributed by atoms with van der Waals surface area (Å²) in [7, 11) is 1.89. The molecule has 0 radical (unpaired) electrons. The van der Waals surface area contributed by atoms with Gasteiger partial charge in [0.05, 0.1) is 6.20 Å². The van der Waals surface area contributed by atoms with Gasteiger partial charge in [-0.05, 0) is 24.8 Å². The van der Waals surface area contributed by atoms with E-state index in [0.717, 1.165) is 37.7 Å². The van der Waals surface area contributed by atoms with Crippen LogP contribution in [0.25, 0.3) is 0 Å². The topological polar surface area (TPSA) is 72.9 Å². The number of carbonyl (C=O) groups excluding carboxylic acids is 1. The third-order valence-electron chi connectivity index (χ3n) is 3.61. The van der Waals surface area contributed by atoms with Crippen molar-refractivity contribution >= 4 is 5.91 Å². The fourth-order valence-corrected chi connectivity index (χ4v) is 2.59. The monoisotopic (exact) mass is 250 g/mol. The lowest BCUT2D eigenvalue weighted by molar-refractivity contribution is -0.122. The van der Waals surface area contributed by atoms with Gasteiger partial charge in [-0.1, -0.05) is 12.8 Å². The second kappa shape index (κ2) is 5.52. The van der Waals surface area contributed by atoms with E-state index in [-0.39, 0.29) is 11.4 Å². The Kier molecular flexibility index (Phi) is 4.01. The van der Waals surface area contributed by atoms with E-state index in [1.807, 2.05) is 19.4 Å². The highest BCUT2D eigenvalue weighted by molar-refractivity contribution is 5.77. The normalized spacial score (nSPS) is 17.9. The summed E-state index contributed by atoms with van der Waals surface area (Å²) in [6, 6.07) is 0. The first kappa shape index (κ1) is 13.1. The van der Waals surface area contributed by atoms with Crippen molar-refractivity contribution in [3.63, 3.8) is 0 Å². The van der Waals surface area contributed by atoms with Gasteiger partial charge in [0.2, 0.25) is 5.91 Å². The van der Waals surface area contributed by atoms with Crippen LogP contribution < -0.4 is 11.1 Å². The van der Waals surface area contributed by atoms with E-state index in [0.29, 0.717) is 13.0 Å². The smallest absolute Gasteiger partial charge is 0.221 e. The van der Waals surface area contributed by atoms with Gasteiger partial charge in [0.1, 0.15) is 0 Å². The van der Waals surface area contributed by atoms with Gasteiger partial charge in [0.25, 0.3) is 0 Å². The maximum Gasteiger partial charge on any atom is 0.221 e. The molecule has 1 amide bonds. The van der Waals surface area contributed by atoms with Gasteiger partial charge in [-0.25, -0.2) is 0 Å². The highest BCUT2D eigenvalue weighted by atomic mass is 16.1. The van der Waals surface area contributed by atoms with Crippen LogP contribution in [0.1, 0.15) is 37.7 Å². The minimum absolute atomic E-state index is 0.0725. The van der Waals surface area contributed by atoms with Crippen LogP contribution >= 0.6 is 0 Å². The van der Waals surface area contributed by atoms with Crippen LogP contribution in [0.5, 0.6) is 0 Å². The molecule has 1 heterocycles. The van der Waals surface area contributed by atoms with Gasteiger partial charge in [0, 0.05) is 31.7 Å². The summed E-state index contributed by atoms with van der Waals surface area (Å²) in [5, 5.41) is 7.03. The number of hydrogen-bond acceptors (Lipinski definition) is 3. The van der Waals surface area contributed by atoms with Gasteiger partial charge in [0.15, 0.2) is 0 Å². The van der Waals surface area contributed by atoms with E-state index in [1.54, 1.807) is 4.68 Å². The number of aromatic nitrogens is 2. The second-order valence-corrected chi connectivity index (χ2v) is 5.37. The molecule has 5 heteroatoms. The van der Waals surface area contributed by atoms with Crippen molar-refractivity contribution in [2.75, 3.05) is 6.54 Å². The largest absolute Gasteiger partial charge is 0.356 e. The van der Waals surface area contributed by atoms with Gasteiger partial charge in [-0.3, -0.25) is 9.48 Å². The third kappa shape index (κ3) is 3.57. The average molecular weight is 250 g/mol. The molecule has 1 aliphatic carbocycles. The number of amides is 1. The maximum atomic E-state index is 11.8. The summed E-state index contributed by atoms with van der Waals surface area (Å²) in [6.07, 6.45) is 9.32. The van der Waals surface area contributed by atoms with Crippen LogP contribution in [-0.4, -0.2) is 27.8 Å². The number of nitrogens with one attached hydrogen (secondary N) is 1. The number of rotatable bonds is 5. The molecule has 1 saturated carbocycles. The Bertz CT molecular complexity index is 407. The molecular formula is C13H22N4O. The van der Waals surface area contributed by atoms with E-state index in [2.05, 4.69) is 10.4 Å². The van der Waals surface area contributed by atoms with Crippen LogP contribution in [0.4, 0.5) is 0 Å². The van der Waals surface area contributed by atoms with Gasteiger partial charge in [-0.15, -0.1) is 0 Å². The van der Waals surface area contributed by atoms with Crippen molar-refractivity contribution < 1.29 is 4.79 Å². The zero-order valence-corrected chi connectivity index (χ0v) is 11.0. The lowest BCUT2D eigenvalue weighted by Gasteiger charge is -2.22. The first-order chi connectivity index (χ1) is 8.57. The number of nitrogens with zero attached hydrogens (tertiary/aromatic N) is 2. The fourth-order valence-electron chi connectivity index (χ4n) is 2.59. The molecule has 0 aliphatic heterocycles. The molecule has 1 fully saturated rings. The third-order valence-corrected chi connectivity index (χ3v) is 3.61. The Hall–Kier alpha value is -1.36. The zero-order valence-electron chi connectivity index (χ0n) is 11.0. The lowest BCUT2D eigenvalue weighted by atomic mass is 9.94. The first-order valence-corrected chi connectivity index (χ1v) is 6.61. The molecule has 100 valence electrons. The molecule has 1 aliphatic rings. The highest BCUT2D eigenvalue weighted by Gasteiger charge is 2.31. The number of aryl methyl sites for hydroxylation is 1. The van der Waals surface area contributed by atoms with Gasteiger partial charge in [-0.2, -0.15) is 5.10 Å². The second-order valence-electron chi connectivity index (χ2n) is 5.37. The van der Waals surface area contributed by atoms with Crippen molar-refractivity contribution in [1.29, 1.82) is 0 Å². The predicted molar refractivity (Wildman–Crippen MR) is 69.9 cm³/mol. The minimum atomic E-state index is -0.252. The van der Waals surface area contributed by atoms with Crippen LogP contribution in [0.2, 0.25) is 0 Å². The first-order valence-electron chi connectivity index (χ1n) is 6.61. The Morgan fingerprint density at radius 3 is 2.89 bits per heavy atom. The Balaban J connectivity index is 1.68. The summed E-state index contributed by atoms with van der Waals surface area (Å²) in [5.74, 6) is 0.0725. The quantitative estimate of drug-likeness (QED) is 0.809. The van der Waals surface area contributed by atoms with Crippen molar-refractivity contribution in [2.24, 2.45) is 12.8 Å². The molecule has 0 atom stereocenters. The zero-order chi connectivity index (χ0) is 13.0. The molecule has 5 nitrogen and oxygen atoms in total. The standard InChI is InChI=1S/C13H22N4O/c1-17-10-11(9-16-17)4-7-15-12(18)8-13(14)5-2-3-6-13/h9-10H,2-8,14H2,1H3,(H,15,18). The summed E-state index contributed by atoms with van der Waals surface area (Å²) in [5.41, 5.74) is 7.06. The summed E-state index contributed by atoms with van der Waals surface area (Å²) < 4.78 is 1.77. The van der Waals surface area contributed by atoms with Crippen LogP contribution in [-0.2, 0) is 18.3 Å². The SMILES string of the molecule is Cn1cc(CCNC(=O)CC2(N)CCCC2)cn1. The van der Waals surface area contributed by atoms with Gasteiger partial charge < -0.3 is 11.1 Å². The number of carbonyl (C=O) groups is 1. The van der Waals surface area contributed by atoms with E-state index >= 15 is 0 Å². The van der Waals surface area contributed by atoms with Crippen molar-refractivity contribution in [1.82, 2.24) is 15.1 Å². The van der Waals surface area contributed by atoms with Crippen molar-refractivity contribution in [2.45, 2.75) is 44.1 Å². The molecule has 3 N–H and O–H groups in total. The molecule has 1 aromatic heterocycles. The van der Waals surface area contributed by atoms with E-state index < -0.39 is 0 Å². The van der Waals surface area contributed by atoms with E-state index in [4.69, 9.17) is 5.73 Å². The summed E-state index contributed by atoms with van der Waals surface area (Å²) >= 11 is 0. The Morgan fingerprint density at radius 1 is 1.56 bits per heavy atom. The Morgan fingerprint density at radius 2 is 2.28 bits per heavy atom. The molecule has 0 spiro atoms. The van der Waals surface area contributed by atoms with Crippen molar-refractivity contribution in [3.05, 3.63) is 18.0 Å².